The lowest BCUT2D eigenvalue weighted by Gasteiger charge is -2.15. The second-order valence-corrected chi connectivity index (χ2v) is 4.59. The van der Waals surface area contributed by atoms with Crippen LogP contribution in [0.5, 0.6) is 5.75 Å². The van der Waals surface area contributed by atoms with Crippen molar-refractivity contribution in [1.29, 1.82) is 0 Å². The third-order valence-electron chi connectivity index (χ3n) is 2.66. The smallest absolute Gasteiger partial charge is 0.416 e. The highest BCUT2D eigenvalue weighted by atomic mass is 35.5. The SMILES string of the molecule is C=C(C)/C(=C\C(Cl)=N/N)c1cc(C(F)(F)F)ccc1OC. The molecular formula is C14H14ClF3N2O. The van der Waals surface area contributed by atoms with Crippen LogP contribution in [0.3, 0.4) is 0 Å². The van der Waals surface area contributed by atoms with E-state index in [0.717, 1.165) is 12.1 Å². The zero-order valence-electron chi connectivity index (χ0n) is 11.5. The maximum Gasteiger partial charge on any atom is 0.416 e. The molecule has 7 heteroatoms. The van der Waals surface area contributed by atoms with Crippen LogP contribution in [0.1, 0.15) is 18.1 Å². The fourth-order valence-corrected chi connectivity index (χ4v) is 1.79. The van der Waals surface area contributed by atoms with Crippen LogP contribution < -0.4 is 10.6 Å². The summed E-state index contributed by atoms with van der Waals surface area (Å²) >= 11 is 5.72. The van der Waals surface area contributed by atoms with E-state index in [1.165, 1.54) is 19.3 Å². The van der Waals surface area contributed by atoms with Crippen LogP contribution in [-0.2, 0) is 6.18 Å². The summed E-state index contributed by atoms with van der Waals surface area (Å²) in [4.78, 5) is 0. The third-order valence-corrected chi connectivity index (χ3v) is 2.87. The highest BCUT2D eigenvalue weighted by Crippen LogP contribution is 2.37. The number of alkyl halides is 3. The molecule has 3 nitrogen and oxygen atoms in total. The third kappa shape index (κ3) is 4.26. The van der Waals surface area contributed by atoms with Crippen molar-refractivity contribution in [2.75, 3.05) is 7.11 Å². The van der Waals surface area contributed by atoms with Crippen molar-refractivity contribution in [1.82, 2.24) is 0 Å². The van der Waals surface area contributed by atoms with Crippen LogP contribution in [0.2, 0.25) is 0 Å². The van der Waals surface area contributed by atoms with Crippen molar-refractivity contribution in [3.05, 3.63) is 47.6 Å². The monoisotopic (exact) mass is 318 g/mol. The summed E-state index contributed by atoms with van der Waals surface area (Å²) in [7, 11) is 1.36. The first-order valence-corrected chi connectivity index (χ1v) is 6.15. The van der Waals surface area contributed by atoms with Gasteiger partial charge >= 0.3 is 6.18 Å². The van der Waals surface area contributed by atoms with Crippen molar-refractivity contribution in [3.8, 4) is 5.75 Å². The molecule has 0 bridgehead atoms. The maximum absolute atomic E-state index is 12.8. The van der Waals surface area contributed by atoms with Crippen molar-refractivity contribution in [3.63, 3.8) is 0 Å². The molecule has 0 amide bonds. The predicted molar refractivity (Wildman–Crippen MR) is 78.3 cm³/mol. The molecule has 0 aliphatic heterocycles. The molecule has 0 saturated carbocycles. The number of hydrogen-bond acceptors (Lipinski definition) is 3. The number of ether oxygens (including phenoxy) is 1. The van der Waals surface area contributed by atoms with Gasteiger partial charge in [0.2, 0.25) is 0 Å². The summed E-state index contributed by atoms with van der Waals surface area (Å²) in [6.07, 6.45) is -3.13. The molecule has 114 valence electrons. The van der Waals surface area contributed by atoms with E-state index < -0.39 is 11.7 Å². The van der Waals surface area contributed by atoms with Gasteiger partial charge in [0, 0.05) is 5.56 Å². The van der Waals surface area contributed by atoms with Gasteiger partial charge in [-0.1, -0.05) is 23.8 Å². The summed E-state index contributed by atoms with van der Waals surface area (Å²) in [5.74, 6) is 5.30. The van der Waals surface area contributed by atoms with Crippen molar-refractivity contribution < 1.29 is 17.9 Å². The molecule has 0 aliphatic carbocycles. The van der Waals surface area contributed by atoms with Crippen LogP contribution in [0.25, 0.3) is 5.57 Å². The van der Waals surface area contributed by atoms with Crippen LogP contribution >= 0.6 is 11.6 Å². The average Bonchev–Trinajstić information content (AvgIpc) is 2.42. The van der Waals surface area contributed by atoms with Gasteiger partial charge < -0.3 is 10.6 Å². The molecule has 0 fully saturated rings. The number of rotatable bonds is 4. The second kappa shape index (κ2) is 6.67. The van der Waals surface area contributed by atoms with Crippen LogP contribution in [0.4, 0.5) is 13.2 Å². The van der Waals surface area contributed by atoms with Crippen molar-refractivity contribution in [2.45, 2.75) is 13.1 Å². The predicted octanol–water partition coefficient (Wildman–Crippen LogP) is 4.18. The average molecular weight is 319 g/mol. The summed E-state index contributed by atoms with van der Waals surface area (Å²) in [5.41, 5.74) is 0.263. The fraction of sp³-hybridized carbons (Fsp3) is 0.214. The van der Waals surface area contributed by atoms with E-state index in [1.54, 1.807) is 6.92 Å². The molecule has 2 N–H and O–H groups in total. The van der Waals surface area contributed by atoms with E-state index in [-0.39, 0.29) is 16.5 Å². The van der Waals surface area contributed by atoms with Gasteiger partial charge in [0.05, 0.1) is 12.7 Å². The largest absolute Gasteiger partial charge is 0.496 e. The first kappa shape index (κ1) is 17.1. The lowest BCUT2D eigenvalue weighted by Crippen LogP contribution is -2.06. The fourth-order valence-electron chi connectivity index (χ4n) is 1.68. The van der Waals surface area contributed by atoms with Gasteiger partial charge in [-0.15, -0.1) is 0 Å². The van der Waals surface area contributed by atoms with E-state index in [0.29, 0.717) is 11.1 Å². The highest BCUT2D eigenvalue weighted by molar-refractivity contribution is 6.69. The Morgan fingerprint density at radius 3 is 2.48 bits per heavy atom. The molecule has 0 spiro atoms. The lowest BCUT2D eigenvalue weighted by molar-refractivity contribution is -0.137. The van der Waals surface area contributed by atoms with E-state index in [4.69, 9.17) is 22.2 Å². The summed E-state index contributed by atoms with van der Waals surface area (Å²) in [5, 5.41) is 3.20. The number of nitrogens with zero attached hydrogens (tertiary/aromatic N) is 1. The molecule has 0 radical (unpaired) electrons. The minimum Gasteiger partial charge on any atom is -0.496 e. The van der Waals surface area contributed by atoms with Crippen LogP contribution in [0.15, 0.2) is 41.5 Å². The van der Waals surface area contributed by atoms with E-state index in [9.17, 15) is 13.2 Å². The van der Waals surface area contributed by atoms with Crippen LogP contribution in [-0.4, -0.2) is 12.3 Å². The Balaban J connectivity index is 3.56. The molecule has 21 heavy (non-hydrogen) atoms. The number of allylic oxidation sites excluding steroid dienone is 3. The second-order valence-electron chi connectivity index (χ2n) is 4.20. The first-order valence-electron chi connectivity index (χ1n) is 5.77. The van der Waals surface area contributed by atoms with Crippen molar-refractivity contribution in [2.24, 2.45) is 10.9 Å². The lowest BCUT2D eigenvalue weighted by atomic mass is 9.96. The zero-order chi connectivity index (χ0) is 16.2. The van der Waals surface area contributed by atoms with E-state index in [2.05, 4.69) is 11.7 Å². The number of halogens is 4. The molecule has 1 aromatic carbocycles. The van der Waals surface area contributed by atoms with Gasteiger partial charge in [0.25, 0.3) is 0 Å². The molecular weight excluding hydrogens is 305 g/mol. The number of methoxy groups -OCH3 is 1. The summed E-state index contributed by atoms with van der Waals surface area (Å²) in [6, 6.07) is 3.15. The molecule has 0 aromatic heterocycles. The normalized spacial score (nSPS) is 13.2. The number of nitrogens with two attached hydrogens (primary N) is 1. The van der Waals surface area contributed by atoms with Gasteiger partial charge in [-0.25, -0.2) is 0 Å². The van der Waals surface area contributed by atoms with Crippen LogP contribution in [0, 0.1) is 0 Å². The Hall–Kier alpha value is -1.95. The van der Waals surface area contributed by atoms with E-state index in [1.807, 2.05) is 0 Å². The molecule has 0 unspecified atom stereocenters. The topological polar surface area (TPSA) is 47.6 Å². The molecule has 0 saturated heterocycles. The Labute approximate surface area is 125 Å². The van der Waals surface area contributed by atoms with Crippen molar-refractivity contribution >= 4 is 22.3 Å². The number of hydrogen-bond donors (Lipinski definition) is 1. The Kier molecular flexibility index (Phi) is 5.43. The van der Waals surface area contributed by atoms with Gasteiger partial charge in [0.1, 0.15) is 10.9 Å². The number of benzene rings is 1. The molecule has 0 atom stereocenters. The minimum atomic E-state index is -4.47. The highest BCUT2D eigenvalue weighted by Gasteiger charge is 2.31. The minimum absolute atomic E-state index is 0.0625. The Morgan fingerprint density at radius 2 is 2.05 bits per heavy atom. The summed E-state index contributed by atoms with van der Waals surface area (Å²) < 4.78 is 43.6. The molecule has 0 aliphatic rings. The molecule has 0 heterocycles. The first-order chi connectivity index (χ1) is 9.70. The standard InChI is InChI=1S/C14H14ClF3N2O/c1-8(2)10(7-13(15)20-19)11-6-9(14(16,17)18)4-5-12(11)21-3/h4-7H,1,19H2,2-3H3/b10-7+,20-13+. The Morgan fingerprint density at radius 1 is 1.43 bits per heavy atom. The Bertz CT molecular complexity index is 607. The zero-order valence-corrected chi connectivity index (χ0v) is 12.2. The quantitative estimate of drug-likeness (QED) is 0.392. The summed E-state index contributed by atoms with van der Waals surface area (Å²) in [6.45, 7) is 5.36. The maximum atomic E-state index is 12.8. The van der Waals surface area contributed by atoms with Gasteiger partial charge in [0.15, 0.2) is 0 Å². The molecule has 1 rings (SSSR count). The van der Waals surface area contributed by atoms with Gasteiger partial charge in [-0.2, -0.15) is 18.3 Å². The van der Waals surface area contributed by atoms with E-state index >= 15 is 0 Å². The van der Waals surface area contributed by atoms with Gasteiger partial charge in [-0.05, 0) is 36.8 Å². The number of hydrazone groups is 1. The van der Waals surface area contributed by atoms with Gasteiger partial charge in [-0.3, -0.25) is 0 Å². The molecule has 1 aromatic rings.